The van der Waals surface area contributed by atoms with Crippen LogP contribution in [0.15, 0.2) is 6.07 Å². The molecule has 0 spiro atoms. The van der Waals surface area contributed by atoms with E-state index in [9.17, 15) is 0 Å². The summed E-state index contributed by atoms with van der Waals surface area (Å²) in [4.78, 5) is 0. The molecule has 0 unspecified atom stereocenters. The number of nitrogens with zero attached hydrogens (tertiary/aromatic N) is 1. The summed E-state index contributed by atoms with van der Waals surface area (Å²) in [6.07, 6.45) is 2.62. The molecule has 1 aromatic rings. The smallest absolute Gasteiger partial charge is 0.145 e. The van der Waals surface area contributed by atoms with E-state index in [1.54, 1.807) is 0 Å². The quantitative estimate of drug-likeness (QED) is 0.639. The molecule has 1 aliphatic carbocycles. The van der Waals surface area contributed by atoms with E-state index >= 15 is 0 Å². The van der Waals surface area contributed by atoms with Crippen molar-refractivity contribution in [1.29, 1.82) is 0 Å². The van der Waals surface area contributed by atoms with Crippen molar-refractivity contribution >= 4 is 5.82 Å². The predicted molar refractivity (Wildman–Crippen MR) is 44.1 cm³/mol. The molecule has 2 atom stereocenters. The van der Waals surface area contributed by atoms with Gasteiger partial charge in [-0.2, -0.15) is 5.10 Å². The molecule has 3 heteroatoms. The first kappa shape index (κ1) is 6.70. The standard InChI is InChI=1S/C8H13N3/c1-5-2-3-6(5)7-4-8(9)11-10-7/h4-6H,2-3H2,1H3,(H3,9,10,11)/t5-,6+/m1/s1. The molecule has 1 aliphatic rings. The third-order valence-electron chi connectivity index (χ3n) is 2.64. The Balaban J connectivity index is 2.16. The molecule has 0 aromatic carbocycles. The third-order valence-corrected chi connectivity index (χ3v) is 2.64. The highest BCUT2D eigenvalue weighted by Gasteiger charge is 2.29. The molecule has 11 heavy (non-hydrogen) atoms. The van der Waals surface area contributed by atoms with Crippen LogP contribution in [-0.2, 0) is 0 Å². The van der Waals surface area contributed by atoms with Crippen LogP contribution in [-0.4, -0.2) is 10.2 Å². The fraction of sp³-hybridized carbons (Fsp3) is 0.625. The van der Waals surface area contributed by atoms with Gasteiger partial charge < -0.3 is 5.73 Å². The van der Waals surface area contributed by atoms with Gasteiger partial charge in [0.05, 0.1) is 0 Å². The SMILES string of the molecule is C[C@@H]1CC[C@@H]1c1cc(N)n[nH]1. The number of nitrogens with one attached hydrogen (secondary N) is 1. The minimum atomic E-state index is 0.610. The van der Waals surface area contributed by atoms with Gasteiger partial charge in [-0.05, 0) is 18.8 Å². The number of hydrogen-bond acceptors (Lipinski definition) is 2. The number of hydrogen-bond donors (Lipinski definition) is 2. The minimum Gasteiger partial charge on any atom is -0.382 e. The van der Waals surface area contributed by atoms with E-state index in [2.05, 4.69) is 17.1 Å². The van der Waals surface area contributed by atoms with Crippen LogP contribution in [0.25, 0.3) is 0 Å². The Labute approximate surface area is 66.0 Å². The van der Waals surface area contributed by atoms with Crippen LogP contribution in [0.1, 0.15) is 31.4 Å². The lowest BCUT2D eigenvalue weighted by Crippen LogP contribution is -2.20. The fourth-order valence-electron chi connectivity index (χ4n) is 1.67. The van der Waals surface area contributed by atoms with Crippen LogP contribution in [0.2, 0.25) is 0 Å². The molecule has 2 rings (SSSR count). The lowest BCUT2D eigenvalue weighted by Gasteiger charge is -2.32. The Bertz CT molecular complexity index is 254. The summed E-state index contributed by atoms with van der Waals surface area (Å²) < 4.78 is 0. The molecule has 0 bridgehead atoms. The molecule has 1 aromatic heterocycles. The van der Waals surface area contributed by atoms with Crippen LogP contribution in [0.3, 0.4) is 0 Å². The van der Waals surface area contributed by atoms with Crippen molar-refractivity contribution in [2.75, 3.05) is 5.73 Å². The highest BCUT2D eigenvalue weighted by molar-refractivity contribution is 5.31. The van der Waals surface area contributed by atoms with Crippen molar-refractivity contribution in [2.24, 2.45) is 5.92 Å². The Morgan fingerprint density at radius 3 is 2.82 bits per heavy atom. The zero-order valence-electron chi connectivity index (χ0n) is 6.67. The average Bonchev–Trinajstić information content (AvgIpc) is 2.33. The van der Waals surface area contributed by atoms with Crippen molar-refractivity contribution in [3.05, 3.63) is 11.8 Å². The first-order valence-electron chi connectivity index (χ1n) is 4.08. The molecular weight excluding hydrogens is 138 g/mol. The number of rotatable bonds is 1. The van der Waals surface area contributed by atoms with Gasteiger partial charge in [-0.3, -0.25) is 5.10 Å². The zero-order valence-corrected chi connectivity index (χ0v) is 6.67. The second-order valence-electron chi connectivity index (χ2n) is 3.41. The largest absolute Gasteiger partial charge is 0.382 e. The molecule has 1 fully saturated rings. The molecule has 0 saturated heterocycles. The molecule has 0 amide bonds. The number of nitrogens with two attached hydrogens (primary N) is 1. The summed E-state index contributed by atoms with van der Waals surface area (Å²) >= 11 is 0. The molecule has 60 valence electrons. The van der Waals surface area contributed by atoms with Crippen LogP contribution < -0.4 is 5.73 Å². The monoisotopic (exact) mass is 151 g/mol. The third kappa shape index (κ3) is 1.00. The zero-order chi connectivity index (χ0) is 7.84. The van der Waals surface area contributed by atoms with Crippen molar-refractivity contribution in [3.8, 4) is 0 Å². The van der Waals surface area contributed by atoms with Gasteiger partial charge in [-0.15, -0.1) is 0 Å². The molecular formula is C8H13N3. The highest BCUT2D eigenvalue weighted by Crippen LogP contribution is 2.41. The van der Waals surface area contributed by atoms with Crippen LogP contribution in [0.5, 0.6) is 0 Å². The summed E-state index contributed by atoms with van der Waals surface area (Å²) in [5, 5.41) is 6.87. The van der Waals surface area contributed by atoms with E-state index in [1.807, 2.05) is 6.07 Å². The van der Waals surface area contributed by atoms with Crippen LogP contribution in [0, 0.1) is 5.92 Å². The summed E-state index contributed by atoms with van der Waals surface area (Å²) in [5.74, 6) is 2.09. The van der Waals surface area contributed by atoms with Gasteiger partial charge in [0.25, 0.3) is 0 Å². The highest BCUT2D eigenvalue weighted by atomic mass is 15.2. The second kappa shape index (κ2) is 2.26. The fourth-order valence-corrected chi connectivity index (χ4v) is 1.67. The molecule has 0 aliphatic heterocycles. The first-order valence-corrected chi connectivity index (χ1v) is 4.08. The number of aromatic amines is 1. The summed E-state index contributed by atoms with van der Waals surface area (Å²) in [6.45, 7) is 2.27. The predicted octanol–water partition coefficient (Wildman–Crippen LogP) is 1.51. The Morgan fingerprint density at radius 1 is 1.64 bits per heavy atom. The van der Waals surface area contributed by atoms with Gasteiger partial charge >= 0.3 is 0 Å². The maximum absolute atomic E-state index is 5.50. The first-order chi connectivity index (χ1) is 5.27. The average molecular weight is 151 g/mol. The minimum absolute atomic E-state index is 0.610. The Morgan fingerprint density at radius 2 is 2.45 bits per heavy atom. The van der Waals surface area contributed by atoms with E-state index < -0.39 is 0 Å². The van der Waals surface area contributed by atoms with E-state index in [1.165, 1.54) is 18.5 Å². The summed E-state index contributed by atoms with van der Waals surface area (Å²) in [6, 6.07) is 1.94. The normalized spacial score (nSPS) is 29.9. The number of nitrogen functional groups attached to an aromatic ring is 1. The van der Waals surface area contributed by atoms with Gasteiger partial charge in [-0.1, -0.05) is 6.92 Å². The molecule has 1 saturated carbocycles. The summed E-state index contributed by atoms with van der Waals surface area (Å²) in [5.41, 5.74) is 6.71. The van der Waals surface area contributed by atoms with E-state index in [0.717, 1.165) is 5.92 Å². The molecule has 1 heterocycles. The maximum atomic E-state index is 5.50. The van der Waals surface area contributed by atoms with Crippen molar-refractivity contribution in [1.82, 2.24) is 10.2 Å². The van der Waals surface area contributed by atoms with Crippen molar-refractivity contribution in [3.63, 3.8) is 0 Å². The lowest BCUT2D eigenvalue weighted by atomic mass is 9.73. The number of anilines is 1. The van der Waals surface area contributed by atoms with Gasteiger partial charge in [0.1, 0.15) is 5.82 Å². The van der Waals surface area contributed by atoms with Crippen LogP contribution >= 0.6 is 0 Å². The van der Waals surface area contributed by atoms with E-state index in [-0.39, 0.29) is 0 Å². The summed E-state index contributed by atoms with van der Waals surface area (Å²) in [7, 11) is 0. The molecule has 0 radical (unpaired) electrons. The van der Waals surface area contributed by atoms with Gasteiger partial charge in [-0.25, -0.2) is 0 Å². The van der Waals surface area contributed by atoms with Gasteiger partial charge in [0.15, 0.2) is 0 Å². The van der Waals surface area contributed by atoms with Crippen molar-refractivity contribution < 1.29 is 0 Å². The topological polar surface area (TPSA) is 54.7 Å². The lowest BCUT2D eigenvalue weighted by molar-refractivity contribution is 0.274. The maximum Gasteiger partial charge on any atom is 0.145 e. The Hall–Kier alpha value is -0.990. The Kier molecular flexibility index (Phi) is 1.37. The number of aromatic nitrogens is 2. The van der Waals surface area contributed by atoms with Crippen LogP contribution in [0.4, 0.5) is 5.82 Å². The van der Waals surface area contributed by atoms with E-state index in [0.29, 0.717) is 11.7 Å². The second-order valence-corrected chi connectivity index (χ2v) is 3.41. The van der Waals surface area contributed by atoms with E-state index in [4.69, 9.17) is 5.73 Å². The molecule has 3 nitrogen and oxygen atoms in total. The van der Waals surface area contributed by atoms with Gasteiger partial charge in [0, 0.05) is 17.7 Å². The molecule has 3 N–H and O–H groups in total. The van der Waals surface area contributed by atoms with Crippen molar-refractivity contribution in [2.45, 2.75) is 25.7 Å². The number of H-pyrrole nitrogens is 1. The van der Waals surface area contributed by atoms with Gasteiger partial charge in [0.2, 0.25) is 0 Å².